The highest BCUT2D eigenvalue weighted by Crippen LogP contribution is 2.13. The molecule has 2 N–H and O–H groups in total. The van der Waals surface area contributed by atoms with Crippen LogP contribution in [0.3, 0.4) is 0 Å². The lowest BCUT2D eigenvalue weighted by atomic mass is 10.2. The minimum atomic E-state index is -0.345. The minimum absolute atomic E-state index is 0.210. The van der Waals surface area contributed by atoms with Crippen molar-refractivity contribution in [2.45, 2.75) is 12.8 Å². The summed E-state index contributed by atoms with van der Waals surface area (Å²) in [5, 5.41) is 3.98. The fourth-order valence-electron chi connectivity index (χ4n) is 1.70. The van der Waals surface area contributed by atoms with Crippen molar-refractivity contribution in [3.05, 3.63) is 44.8 Å². The number of halogens is 1. The van der Waals surface area contributed by atoms with Crippen LogP contribution in [0.2, 0.25) is 0 Å². The minimum Gasteiger partial charge on any atom is -0.345 e. The molecule has 0 radical (unpaired) electrons. The van der Waals surface area contributed by atoms with Gasteiger partial charge in [-0.1, -0.05) is 0 Å². The van der Waals surface area contributed by atoms with E-state index in [4.69, 9.17) is 0 Å². The number of thiophene rings is 1. The lowest BCUT2D eigenvalue weighted by Gasteiger charge is -2.07. The molecule has 0 aromatic carbocycles. The van der Waals surface area contributed by atoms with Gasteiger partial charge in [-0.15, -0.1) is 0 Å². The van der Waals surface area contributed by atoms with Gasteiger partial charge in [0.25, 0.3) is 5.91 Å². The quantitative estimate of drug-likeness (QED) is 0.826. The molecule has 0 aliphatic carbocycles. The van der Waals surface area contributed by atoms with Crippen molar-refractivity contribution in [2.24, 2.45) is 7.05 Å². The third kappa shape index (κ3) is 3.94. The van der Waals surface area contributed by atoms with Crippen molar-refractivity contribution in [1.29, 1.82) is 0 Å². The number of carbonyl (C=O) groups is 2. The summed E-state index contributed by atoms with van der Waals surface area (Å²) in [5.41, 5.74) is 6.42. The Kier molecular flexibility index (Phi) is 4.97. The molecule has 2 rings (SSSR count). The average Bonchev–Trinajstić information content (AvgIpc) is 3.03. The summed E-state index contributed by atoms with van der Waals surface area (Å²) in [6.45, 7) is 0. The zero-order valence-corrected chi connectivity index (χ0v) is 13.3. The van der Waals surface area contributed by atoms with E-state index in [1.165, 1.54) is 0 Å². The average molecular weight is 356 g/mol. The Hall–Kier alpha value is -1.60. The van der Waals surface area contributed by atoms with Crippen LogP contribution >= 0.6 is 27.3 Å². The second-order valence-corrected chi connectivity index (χ2v) is 5.98. The van der Waals surface area contributed by atoms with Crippen LogP contribution < -0.4 is 10.9 Å². The molecule has 2 aromatic rings. The van der Waals surface area contributed by atoms with Crippen molar-refractivity contribution in [1.82, 2.24) is 15.4 Å². The molecular weight excluding hydrogens is 342 g/mol. The Morgan fingerprint density at radius 3 is 2.80 bits per heavy atom. The van der Waals surface area contributed by atoms with Crippen LogP contribution in [0.25, 0.3) is 0 Å². The lowest BCUT2D eigenvalue weighted by molar-refractivity contribution is -0.121. The Morgan fingerprint density at radius 1 is 1.40 bits per heavy atom. The number of amides is 2. The molecule has 0 aliphatic heterocycles. The standard InChI is InChI=1S/C13H14BrN3O2S/c1-17-7-10(14)6-11(17)13(19)16-15-12(18)3-2-9-4-5-20-8-9/h4-8H,2-3H2,1H3,(H,15,18)(H,16,19). The molecule has 2 amide bonds. The fourth-order valence-corrected chi connectivity index (χ4v) is 2.92. The zero-order valence-electron chi connectivity index (χ0n) is 10.9. The third-order valence-corrected chi connectivity index (χ3v) is 3.91. The van der Waals surface area contributed by atoms with Gasteiger partial charge >= 0.3 is 0 Å². The molecule has 5 nitrogen and oxygen atoms in total. The maximum absolute atomic E-state index is 11.9. The number of nitrogens with zero attached hydrogens (tertiary/aromatic N) is 1. The maximum atomic E-state index is 11.9. The molecule has 0 unspecified atom stereocenters. The van der Waals surface area contributed by atoms with Crippen molar-refractivity contribution in [2.75, 3.05) is 0 Å². The van der Waals surface area contributed by atoms with Gasteiger partial charge < -0.3 is 4.57 Å². The molecule has 0 atom stereocenters. The number of carbonyl (C=O) groups excluding carboxylic acids is 2. The highest BCUT2D eigenvalue weighted by Gasteiger charge is 2.11. The van der Waals surface area contributed by atoms with Crippen LogP contribution in [-0.4, -0.2) is 16.4 Å². The number of nitrogens with one attached hydrogen (secondary N) is 2. The first-order valence-corrected chi connectivity index (χ1v) is 7.72. The molecule has 2 aromatic heterocycles. The van der Waals surface area contributed by atoms with Gasteiger partial charge in [0.15, 0.2) is 0 Å². The zero-order chi connectivity index (χ0) is 14.5. The molecule has 2 heterocycles. The monoisotopic (exact) mass is 355 g/mol. The largest absolute Gasteiger partial charge is 0.345 e. The van der Waals surface area contributed by atoms with Gasteiger partial charge in [0.1, 0.15) is 5.69 Å². The summed E-state index contributed by atoms with van der Waals surface area (Å²) < 4.78 is 2.49. The lowest BCUT2D eigenvalue weighted by Crippen LogP contribution is -2.42. The van der Waals surface area contributed by atoms with Gasteiger partial charge in [0.2, 0.25) is 5.91 Å². The van der Waals surface area contributed by atoms with Crippen molar-refractivity contribution < 1.29 is 9.59 Å². The fraction of sp³-hybridized carbons (Fsp3) is 0.231. The maximum Gasteiger partial charge on any atom is 0.286 e. The van der Waals surface area contributed by atoms with Crippen LogP contribution in [0, 0.1) is 0 Å². The van der Waals surface area contributed by atoms with E-state index in [-0.39, 0.29) is 11.8 Å². The molecule has 0 spiro atoms. The van der Waals surface area contributed by atoms with Gasteiger partial charge in [-0.05, 0) is 50.8 Å². The van der Waals surface area contributed by atoms with E-state index >= 15 is 0 Å². The van der Waals surface area contributed by atoms with Crippen LogP contribution in [0.15, 0.2) is 33.6 Å². The van der Waals surface area contributed by atoms with Crippen LogP contribution in [0.1, 0.15) is 22.5 Å². The third-order valence-electron chi connectivity index (χ3n) is 2.74. The van der Waals surface area contributed by atoms with E-state index in [1.807, 2.05) is 16.8 Å². The molecule has 20 heavy (non-hydrogen) atoms. The Morgan fingerprint density at radius 2 is 2.20 bits per heavy atom. The number of hydrogen-bond acceptors (Lipinski definition) is 3. The second kappa shape index (κ2) is 6.71. The summed E-state index contributed by atoms with van der Waals surface area (Å²) in [6, 6.07) is 3.67. The summed E-state index contributed by atoms with van der Waals surface area (Å²) in [4.78, 5) is 23.5. The number of hydrogen-bond donors (Lipinski definition) is 2. The molecule has 7 heteroatoms. The van der Waals surface area contributed by atoms with E-state index in [9.17, 15) is 9.59 Å². The van der Waals surface area contributed by atoms with Gasteiger partial charge in [0.05, 0.1) is 0 Å². The normalized spacial score (nSPS) is 10.3. The van der Waals surface area contributed by atoms with Crippen molar-refractivity contribution in [3.63, 3.8) is 0 Å². The molecule has 106 valence electrons. The summed E-state index contributed by atoms with van der Waals surface area (Å²) in [6.07, 6.45) is 2.78. The molecule has 0 aliphatic rings. The molecular formula is C13H14BrN3O2S. The Bertz CT molecular complexity index is 607. The first-order chi connectivity index (χ1) is 9.56. The number of aromatic nitrogens is 1. The predicted molar refractivity (Wildman–Crippen MR) is 81.4 cm³/mol. The molecule has 0 bridgehead atoms. The van der Waals surface area contributed by atoms with Gasteiger partial charge in [-0.2, -0.15) is 11.3 Å². The molecule has 0 fully saturated rings. The molecule has 0 saturated heterocycles. The van der Waals surface area contributed by atoms with E-state index < -0.39 is 0 Å². The topological polar surface area (TPSA) is 63.1 Å². The Balaban J connectivity index is 1.78. The summed E-state index contributed by atoms with van der Waals surface area (Å²) in [7, 11) is 1.76. The van der Waals surface area contributed by atoms with E-state index in [0.717, 1.165) is 10.0 Å². The van der Waals surface area contributed by atoms with Crippen LogP contribution in [0.5, 0.6) is 0 Å². The number of aryl methyl sites for hydroxylation is 2. The smallest absolute Gasteiger partial charge is 0.286 e. The van der Waals surface area contributed by atoms with E-state index in [1.54, 1.807) is 35.2 Å². The highest BCUT2D eigenvalue weighted by atomic mass is 79.9. The highest BCUT2D eigenvalue weighted by molar-refractivity contribution is 9.10. The summed E-state index contributed by atoms with van der Waals surface area (Å²) in [5.74, 6) is -0.556. The first-order valence-electron chi connectivity index (χ1n) is 5.98. The van der Waals surface area contributed by atoms with Crippen LogP contribution in [0.4, 0.5) is 0 Å². The summed E-state index contributed by atoms with van der Waals surface area (Å²) >= 11 is 4.89. The number of rotatable bonds is 4. The van der Waals surface area contributed by atoms with Crippen molar-refractivity contribution >= 4 is 39.1 Å². The predicted octanol–water partition coefficient (Wildman–Crippen LogP) is 2.24. The van der Waals surface area contributed by atoms with Gasteiger partial charge in [-0.3, -0.25) is 20.4 Å². The number of hydrazine groups is 1. The SMILES string of the molecule is Cn1cc(Br)cc1C(=O)NNC(=O)CCc1ccsc1. The van der Waals surface area contributed by atoms with Crippen LogP contribution in [-0.2, 0) is 18.3 Å². The van der Waals surface area contributed by atoms with Gasteiger partial charge in [0, 0.05) is 24.1 Å². The first kappa shape index (κ1) is 14.8. The van der Waals surface area contributed by atoms with Crippen molar-refractivity contribution in [3.8, 4) is 0 Å². The Labute approximate surface area is 129 Å². The van der Waals surface area contributed by atoms with E-state index in [0.29, 0.717) is 18.5 Å². The second-order valence-electron chi connectivity index (χ2n) is 4.29. The molecule has 0 saturated carbocycles. The van der Waals surface area contributed by atoms with E-state index in [2.05, 4.69) is 26.8 Å². The van der Waals surface area contributed by atoms with Gasteiger partial charge in [-0.25, -0.2) is 0 Å².